The summed E-state index contributed by atoms with van der Waals surface area (Å²) in [6, 6.07) is 7.94. The second-order valence-electron chi connectivity index (χ2n) is 5.36. The molecule has 0 bridgehead atoms. The number of morpholine rings is 1. The van der Waals surface area contributed by atoms with Gasteiger partial charge in [0.2, 0.25) is 5.91 Å². The van der Waals surface area contributed by atoms with Gasteiger partial charge in [0.05, 0.1) is 18.9 Å². The van der Waals surface area contributed by atoms with Crippen LogP contribution in [0.1, 0.15) is 10.4 Å². The second kappa shape index (κ2) is 7.88. The number of ether oxygens (including phenoxy) is 1. The first-order valence-electron chi connectivity index (χ1n) is 7.30. The average Bonchev–Trinajstić information content (AvgIpc) is 2.89. The van der Waals surface area contributed by atoms with E-state index in [4.69, 9.17) is 4.74 Å². The van der Waals surface area contributed by atoms with Gasteiger partial charge in [0.1, 0.15) is 6.04 Å². The normalized spacial score (nSPS) is 17.4. The summed E-state index contributed by atoms with van der Waals surface area (Å²) in [6.07, 6.45) is 0. The van der Waals surface area contributed by atoms with Gasteiger partial charge in [-0.25, -0.2) is 4.98 Å². The van der Waals surface area contributed by atoms with E-state index in [9.17, 15) is 4.79 Å². The Bertz CT molecular complexity index is 666. The predicted molar refractivity (Wildman–Crippen MR) is 95.5 cm³/mol. The minimum atomic E-state index is -0.305. The van der Waals surface area contributed by atoms with Crippen molar-refractivity contribution in [3.8, 4) is 11.3 Å². The lowest BCUT2D eigenvalue weighted by molar-refractivity contribution is -0.120. The Kier molecular flexibility index (Phi) is 6.12. The standard InChI is InChI=1S/C16H19N3O2S.ClH/c1-10-3-5-12(6-4-10)14-11(2)22-16(18-14)19-15(20)13-9-21-8-7-17-13;/h3-6,13,17H,7-9H2,1-2H3,(H,18,19,20);1H. The Balaban J connectivity index is 0.00000192. The van der Waals surface area contributed by atoms with Gasteiger partial charge in [0.25, 0.3) is 0 Å². The molecule has 1 saturated heterocycles. The van der Waals surface area contributed by atoms with Gasteiger partial charge in [-0.1, -0.05) is 29.8 Å². The third kappa shape index (κ3) is 4.29. The molecule has 2 heterocycles. The summed E-state index contributed by atoms with van der Waals surface area (Å²) in [5.74, 6) is -0.0936. The number of nitrogens with one attached hydrogen (secondary N) is 2. The Morgan fingerprint density at radius 3 is 2.74 bits per heavy atom. The topological polar surface area (TPSA) is 63.2 Å². The number of carbonyl (C=O) groups is 1. The molecule has 124 valence electrons. The highest BCUT2D eigenvalue weighted by Crippen LogP contribution is 2.30. The summed E-state index contributed by atoms with van der Waals surface area (Å²) in [7, 11) is 0. The number of hydrogen-bond donors (Lipinski definition) is 2. The lowest BCUT2D eigenvalue weighted by Crippen LogP contribution is -2.48. The van der Waals surface area contributed by atoms with Gasteiger partial charge in [-0.3, -0.25) is 4.79 Å². The van der Waals surface area contributed by atoms with Crippen molar-refractivity contribution < 1.29 is 9.53 Å². The first-order valence-corrected chi connectivity index (χ1v) is 8.11. The lowest BCUT2D eigenvalue weighted by Gasteiger charge is -2.22. The van der Waals surface area contributed by atoms with Crippen molar-refractivity contribution in [2.45, 2.75) is 19.9 Å². The zero-order chi connectivity index (χ0) is 15.5. The number of aryl methyl sites for hydroxylation is 2. The zero-order valence-electron chi connectivity index (χ0n) is 13.1. The molecule has 0 saturated carbocycles. The molecule has 1 aromatic carbocycles. The van der Waals surface area contributed by atoms with Crippen LogP contribution in [-0.4, -0.2) is 36.7 Å². The molecule has 2 aromatic rings. The molecule has 2 N–H and O–H groups in total. The molecule has 5 nitrogen and oxygen atoms in total. The third-order valence-electron chi connectivity index (χ3n) is 3.59. The van der Waals surface area contributed by atoms with Crippen LogP contribution >= 0.6 is 23.7 Å². The maximum absolute atomic E-state index is 12.2. The number of nitrogens with zero attached hydrogens (tertiary/aromatic N) is 1. The quantitative estimate of drug-likeness (QED) is 0.890. The molecular weight excluding hydrogens is 334 g/mol. The molecule has 0 aliphatic carbocycles. The Labute approximate surface area is 145 Å². The van der Waals surface area contributed by atoms with Crippen LogP contribution in [0.2, 0.25) is 0 Å². The number of hydrogen-bond acceptors (Lipinski definition) is 5. The van der Waals surface area contributed by atoms with Gasteiger partial charge in [0.15, 0.2) is 5.13 Å². The van der Waals surface area contributed by atoms with Crippen LogP contribution in [0, 0.1) is 13.8 Å². The monoisotopic (exact) mass is 353 g/mol. The fourth-order valence-corrected chi connectivity index (χ4v) is 3.19. The number of thiazole rings is 1. The summed E-state index contributed by atoms with van der Waals surface area (Å²) in [4.78, 5) is 17.8. The van der Waals surface area contributed by atoms with Crippen LogP contribution in [0.25, 0.3) is 11.3 Å². The van der Waals surface area contributed by atoms with Gasteiger partial charge >= 0.3 is 0 Å². The molecule has 7 heteroatoms. The lowest BCUT2D eigenvalue weighted by atomic mass is 10.1. The van der Waals surface area contributed by atoms with Crippen molar-refractivity contribution in [3.05, 3.63) is 34.7 Å². The summed E-state index contributed by atoms with van der Waals surface area (Å²) < 4.78 is 5.31. The molecule has 3 rings (SSSR count). The molecule has 0 spiro atoms. The SMILES string of the molecule is Cc1ccc(-c2nc(NC(=O)C3COCCN3)sc2C)cc1.Cl. The van der Waals surface area contributed by atoms with Crippen molar-refractivity contribution in [3.63, 3.8) is 0 Å². The van der Waals surface area contributed by atoms with E-state index in [0.29, 0.717) is 24.9 Å². The smallest absolute Gasteiger partial charge is 0.245 e. The number of anilines is 1. The summed E-state index contributed by atoms with van der Waals surface area (Å²) in [5, 5.41) is 6.65. The molecule has 1 aliphatic rings. The highest BCUT2D eigenvalue weighted by molar-refractivity contribution is 7.16. The van der Waals surface area contributed by atoms with Crippen LogP contribution in [0.15, 0.2) is 24.3 Å². The van der Waals surface area contributed by atoms with E-state index in [1.54, 1.807) is 0 Å². The fraction of sp³-hybridized carbons (Fsp3) is 0.375. The number of aromatic nitrogens is 1. The van der Waals surface area contributed by atoms with E-state index in [1.165, 1.54) is 16.9 Å². The van der Waals surface area contributed by atoms with Crippen molar-refractivity contribution >= 4 is 34.8 Å². The highest BCUT2D eigenvalue weighted by atomic mass is 35.5. The molecule has 1 aliphatic heterocycles. The molecule has 1 amide bonds. The minimum absolute atomic E-state index is 0. The molecule has 1 unspecified atom stereocenters. The average molecular weight is 354 g/mol. The van der Waals surface area contributed by atoms with Crippen LogP contribution in [-0.2, 0) is 9.53 Å². The molecule has 1 atom stereocenters. The number of amides is 1. The molecule has 23 heavy (non-hydrogen) atoms. The van der Waals surface area contributed by atoms with E-state index < -0.39 is 0 Å². The number of rotatable bonds is 3. The van der Waals surface area contributed by atoms with E-state index in [1.807, 2.05) is 6.92 Å². The highest BCUT2D eigenvalue weighted by Gasteiger charge is 2.22. The van der Waals surface area contributed by atoms with Crippen molar-refractivity contribution in [2.24, 2.45) is 0 Å². The summed E-state index contributed by atoms with van der Waals surface area (Å²) >= 11 is 1.49. The van der Waals surface area contributed by atoms with Crippen LogP contribution < -0.4 is 10.6 Å². The van der Waals surface area contributed by atoms with Crippen LogP contribution in [0.3, 0.4) is 0 Å². The maximum atomic E-state index is 12.2. The van der Waals surface area contributed by atoms with Gasteiger partial charge < -0.3 is 15.4 Å². The van der Waals surface area contributed by atoms with Gasteiger partial charge in [-0.05, 0) is 13.8 Å². The van der Waals surface area contributed by atoms with Crippen LogP contribution in [0.5, 0.6) is 0 Å². The van der Waals surface area contributed by atoms with Crippen LogP contribution in [0.4, 0.5) is 5.13 Å². The third-order valence-corrected chi connectivity index (χ3v) is 4.48. The Morgan fingerprint density at radius 1 is 1.35 bits per heavy atom. The molecule has 0 radical (unpaired) electrons. The largest absolute Gasteiger partial charge is 0.378 e. The second-order valence-corrected chi connectivity index (χ2v) is 6.56. The molecule has 1 fully saturated rings. The van der Waals surface area contributed by atoms with Gasteiger partial charge in [0, 0.05) is 17.0 Å². The fourth-order valence-electron chi connectivity index (χ4n) is 2.36. The minimum Gasteiger partial charge on any atom is -0.378 e. The van der Waals surface area contributed by atoms with E-state index in [0.717, 1.165) is 16.1 Å². The molecular formula is C16H20ClN3O2S. The first kappa shape index (κ1) is 17.9. The van der Waals surface area contributed by atoms with Gasteiger partial charge in [-0.2, -0.15) is 0 Å². The van der Waals surface area contributed by atoms with E-state index >= 15 is 0 Å². The summed E-state index contributed by atoms with van der Waals surface area (Å²) in [5.41, 5.74) is 3.21. The zero-order valence-corrected chi connectivity index (χ0v) is 14.7. The van der Waals surface area contributed by atoms with Gasteiger partial charge in [-0.15, -0.1) is 23.7 Å². The van der Waals surface area contributed by atoms with Crippen molar-refractivity contribution in [1.82, 2.24) is 10.3 Å². The Morgan fingerprint density at radius 2 is 2.09 bits per heavy atom. The maximum Gasteiger partial charge on any atom is 0.245 e. The number of halogens is 1. The number of benzene rings is 1. The molecule has 1 aromatic heterocycles. The van der Waals surface area contributed by atoms with E-state index in [2.05, 4.69) is 46.8 Å². The summed E-state index contributed by atoms with van der Waals surface area (Å²) in [6.45, 7) is 5.83. The van der Waals surface area contributed by atoms with E-state index in [-0.39, 0.29) is 24.4 Å². The Hall–Kier alpha value is -1.47. The predicted octanol–water partition coefficient (Wildman–Crippen LogP) is 2.78. The first-order chi connectivity index (χ1) is 10.6. The number of carbonyl (C=O) groups excluding carboxylic acids is 1. The van der Waals surface area contributed by atoms with Crippen molar-refractivity contribution in [1.29, 1.82) is 0 Å². The van der Waals surface area contributed by atoms with Crippen molar-refractivity contribution in [2.75, 3.05) is 25.1 Å².